The lowest BCUT2D eigenvalue weighted by atomic mass is 9.94. The van der Waals surface area contributed by atoms with E-state index in [0.29, 0.717) is 18.7 Å². The van der Waals surface area contributed by atoms with Crippen molar-refractivity contribution < 1.29 is 19.4 Å². The van der Waals surface area contributed by atoms with E-state index in [1.165, 1.54) is 4.90 Å². The Morgan fingerprint density at radius 3 is 2.60 bits per heavy atom. The molecule has 3 rings (SSSR count). The summed E-state index contributed by atoms with van der Waals surface area (Å²) < 4.78 is 5.66. The van der Waals surface area contributed by atoms with Crippen LogP contribution >= 0.6 is 0 Å². The molecule has 5 nitrogen and oxygen atoms in total. The first-order chi connectivity index (χ1) is 12.0. The maximum Gasteiger partial charge on any atom is 0.326 e. The number of carboxylic acids is 1. The van der Waals surface area contributed by atoms with E-state index in [2.05, 4.69) is 0 Å². The number of carbonyl (C=O) groups is 2. The summed E-state index contributed by atoms with van der Waals surface area (Å²) in [6.45, 7) is 3.99. The van der Waals surface area contributed by atoms with Gasteiger partial charge in [-0.2, -0.15) is 0 Å². The van der Waals surface area contributed by atoms with Crippen LogP contribution in [0.3, 0.4) is 0 Å². The van der Waals surface area contributed by atoms with Crippen LogP contribution in [0, 0.1) is 13.8 Å². The van der Waals surface area contributed by atoms with E-state index in [1.807, 2.05) is 56.3 Å². The standard InChI is InChI=1S/C20H21NO4/c1-13-7-8-14(2)18(9-13)25-12-19(22)21-11-16-6-4-3-5-15(16)10-17(21)20(23)24/h3-9,17H,10-12H2,1-2H3,(H,23,24). The number of carbonyl (C=O) groups excluding carboxylic acids is 1. The Bertz CT molecular complexity index is 815. The predicted molar refractivity (Wildman–Crippen MR) is 93.5 cm³/mol. The molecule has 0 saturated heterocycles. The van der Waals surface area contributed by atoms with Crippen molar-refractivity contribution in [1.82, 2.24) is 4.90 Å². The molecule has 2 aromatic rings. The summed E-state index contributed by atoms with van der Waals surface area (Å²) in [5.74, 6) is -0.657. The minimum Gasteiger partial charge on any atom is -0.483 e. The SMILES string of the molecule is Cc1ccc(C)c(OCC(=O)N2Cc3ccccc3CC2C(=O)O)c1. The van der Waals surface area contributed by atoms with Crippen LogP contribution in [0.4, 0.5) is 0 Å². The van der Waals surface area contributed by atoms with Crippen LogP contribution in [0.5, 0.6) is 5.75 Å². The summed E-state index contributed by atoms with van der Waals surface area (Å²) in [5, 5.41) is 9.51. The number of aryl methyl sites for hydroxylation is 2. The number of amides is 1. The average Bonchev–Trinajstić information content (AvgIpc) is 2.61. The summed E-state index contributed by atoms with van der Waals surface area (Å²) in [5.41, 5.74) is 3.95. The molecule has 1 aliphatic rings. The molecule has 1 amide bonds. The minimum atomic E-state index is -0.991. The van der Waals surface area contributed by atoms with Gasteiger partial charge < -0.3 is 14.7 Å². The van der Waals surface area contributed by atoms with Crippen molar-refractivity contribution in [3.05, 3.63) is 64.7 Å². The van der Waals surface area contributed by atoms with Gasteiger partial charge in [-0.25, -0.2) is 4.79 Å². The van der Waals surface area contributed by atoms with Gasteiger partial charge in [-0.3, -0.25) is 4.79 Å². The lowest BCUT2D eigenvalue weighted by molar-refractivity contribution is -0.152. The monoisotopic (exact) mass is 339 g/mol. The molecule has 1 N–H and O–H groups in total. The fourth-order valence-corrected chi connectivity index (χ4v) is 3.09. The van der Waals surface area contributed by atoms with E-state index >= 15 is 0 Å². The van der Waals surface area contributed by atoms with Crippen LogP contribution < -0.4 is 4.74 Å². The quantitative estimate of drug-likeness (QED) is 0.930. The zero-order chi connectivity index (χ0) is 18.0. The highest BCUT2D eigenvalue weighted by Crippen LogP contribution is 2.24. The molecule has 1 heterocycles. The van der Waals surface area contributed by atoms with Gasteiger partial charge in [0.1, 0.15) is 11.8 Å². The van der Waals surface area contributed by atoms with Crippen molar-refractivity contribution in [1.29, 1.82) is 0 Å². The summed E-state index contributed by atoms with van der Waals surface area (Å²) in [4.78, 5) is 25.6. The van der Waals surface area contributed by atoms with Crippen molar-refractivity contribution in [2.45, 2.75) is 32.9 Å². The summed E-state index contributed by atoms with van der Waals surface area (Å²) in [7, 11) is 0. The summed E-state index contributed by atoms with van der Waals surface area (Å²) in [6, 6.07) is 12.6. The Hall–Kier alpha value is -2.82. The second kappa shape index (κ2) is 6.97. The molecule has 0 spiro atoms. The Balaban J connectivity index is 1.76. The third-order valence-corrected chi connectivity index (χ3v) is 4.55. The maximum atomic E-state index is 12.6. The van der Waals surface area contributed by atoms with Gasteiger partial charge >= 0.3 is 5.97 Å². The first kappa shape index (κ1) is 17.0. The van der Waals surface area contributed by atoms with Gasteiger partial charge in [0, 0.05) is 13.0 Å². The van der Waals surface area contributed by atoms with Crippen LogP contribution in [0.15, 0.2) is 42.5 Å². The molecule has 1 aliphatic heterocycles. The number of fused-ring (bicyclic) bond motifs is 1. The average molecular weight is 339 g/mol. The lowest BCUT2D eigenvalue weighted by Gasteiger charge is -2.34. The number of benzene rings is 2. The molecular formula is C20H21NO4. The zero-order valence-electron chi connectivity index (χ0n) is 14.4. The Kier molecular flexibility index (Phi) is 4.74. The van der Waals surface area contributed by atoms with E-state index < -0.39 is 12.0 Å². The minimum absolute atomic E-state index is 0.170. The van der Waals surface area contributed by atoms with E-state index in [-0.39, 0.29) is 12.5 Å². The van der Waals surface area contributed by atoms with Crippen LogP contribution in [-0.4, -0.2) is 34.5 Å². The van der Waals surface area contributed by atoms with E-state index in [1.54, 1.807) is 0 Å². The number of ether oxygens (including phenoxy) is 1. The van der Waals surface area contributed by atoms with E-state index in [4.69, 9.17) is 4.74 Å². The smallest absolute Gasteiger partial charge is 0.326 e. The Morgan fingerprint density at radius 2 is 1.88 bits per heavy atom. The van der Waals surface area contributed by atoms with Crippen molar-refractivity contribution in [2.75, 3.05) is 6.61 Å². The lowest BCUT2D eigenvalue weighted by Crippen LogP contribution is -2.50. The number of carboxylic acid groups (broad SMARTS) is 1. The van der Waals surface area contributed by atoms with Gasteiger partial charge in [-0.15, -0.1) is 0 Å². The van der Waals surface area contributed by atoms with Gasteiger partial charge in [0.25, 0.3) is 5.91 Å². The first-order valence-corrected chi connectivity index (χ1v) is 8.25. The number of rotatable bonds is 4. The van der Waals surface area contributed by atoms with Gasteiger partial charge in [0.15, 0.2) is 6.61 Å². The molecule has 2 aromatic carbocycles. The van der Waals surface area contributed by atoms with Crippen LogP contribution in [0.2, 0.25) is 0 Å². The molecule has 1 atom stereocenters. The van der Waals surface area contributed by atoms with Gasteiger partial charge in [-0.05, 0) is 42.2 Å². The molecule has 0 bridgehead atoms. The van der Waals surface area contributed by atoms with Crippen LogP contribution in [0.25, 0.3) is 0 Å². The molecule has 1 unspecified atom stereocenters. The van der Waals surface area contributed by atoms with Gasteiger partial charge in [-0.1, -0.05) is 36.4 Å². The third kappa shape index (κ3) is 3.65. The zero-order valence-corrected chi connectivity index (χ0v) is 14.4. The Labute approximate surface area is 146 Å². The maximum absolute atomic E-state index is 12.6. The fraction of sp³-hybridized carbons (Fsp3) is 0.300. The number of aliphatic carboxylic acids is 1. The normalized spacial score (nSPS) is 16.2. The second-order valence-electron chi connectivity index (χ2n) is 6.41. The van der Waals surface area contributed by atoms with Crippen LogP contribution in [-0.2, 0) is 22.6 Å². The molecule has 0 aliphatic carbocycles. The largest absolute Gasteiger partial charge is 0.483 e. The molecule has 0 fully saturated rings. The van der Waals surface area contributed by atoms with Crippen molar-refractivity contribution in [3.63, 3.8) is 0 Å². The van der Waals surface area contributed by atoms with Crippen molar-refractivity contribution in [3.8, 4) is 5.75 Å². The predicted octanol–water partition coefficient (Wildman–Crippen LogP) is 2.72. The summed E-state index contributed by atoms with van der Waals surface area (Å²) >= 11 is 0. The molecule has 130 valence electrons. The van der Waals surface area contributed by atoms with E-state index in [0.717, 1.165) is 22.3 Å². The molecule has 25 heavy (non-hydrogen) atoms. The highest BCUT2D eigenvalue weighted by molar-refractivity contribution is 5.85. The second-order valence-corrected chi connectivity index (χ2v) is 6.41. The van der Waals surface area contributed by atoms with E-state index in [9.17, 15) is 14.7 Å². The number of hydrogen-bond acceptors (Lipinski definition) is 3. The highest BCUT2D eigenvalue weighted by Gasteiger charge is 2.34. The molecule has 0 aromatic heterocycles. The first-order valence-electron chi connectivity index (χ1n) is 8.25. The van der Waals surface area contributed by atoms with Gasteiger partial charge in [0.05, 0.1) is 0 Å². The molecular weight excluding hydrogens is 318 g/mol. The highest BCUT2D eigenvalue weighted by atomic mass is 16.5. The topological polar surface area (TPSA) is 66.8 Å². The van der Waals surface area contributed by atoms with Crippen molar-refractivity contribution >= 4 is 11.9 Å². The summed E-state index contributed by atoms with van der Waals surface area (Å²) in [6.07, 6.45) is 0.320. The Morgan fingerprint density at radius 1 is 1.16 bits per heavy atom. The van der Waals surface area contributed by atoms with Crippen LogP contribution in [0.1, 0.15) is 22.3 Å². The third-order valence-electron chi connectivity index (χ3n) is 4.55. The number of hydrogen-bond donors (Lipinski definition) is 1. The number of nitrogens with zero attached hydrogens (tertiary/aromatic N) is 1. The van der Waals surface area contributed by atoms with Crippen molar-refractivity contribution in [2.24, 2.45) is 0 Å². The molecule has 0 saturated carbocycles. The van der Waals surface area contributed by atoms with Gasteiger partial charge in [0.2, 0.25) is 0 Å². The molecule has 5 heteroatoms. The fourth-order valence-electron chi connectivity index (χ4n) is 3.09. The molecule has 0 radical (unpaired) electrons.